The van der Waals surface area contributed by atoms with Crippen LogP contribution in [0, 0.1) is 0 Å². The quantitative estimate of drug-likeness (QED) is 0.199. The molecule has 0 fully saturated rings. The van der Waals surface area contributed by atoms with E-state index in [4.69, 9.17) is 26.3 Å². The fraction of sp³-hybridized carbons (Fsp3) is 0.552. The van der Waals surface area contributed by atoms with Crippen molar-refractivity contribution in [1.29, 1.82) is 0 Å². The van der Waals surface area contributed by atoms with Crippen LogP contribution in [0.25, 0.3) is 10.2 Å². The predicted molar refractivity (Wildman–Crippen MR) is 152 cm³/mol. The first kappa shape index (κ1) is 27.6. The zero-order chi connectivity index (χ0) is 26.2. The summed E-state index contributed by atoms with van der Waals surface area (Å²) < 4.78 is 5.27. The molecule has 1 atom stereocenters. The number of nitrogens with zero attached hydrogens (tertiary/aromatic N) is 2. The number of methoxy groups -OCH3 is 1. The van der Waals surface area contributed by atoms with Gasteiger partial charge < -0.3 is 15.2 Å². The second-order valence-electron chi connectivity index (χ2n) is 9.94. The van der Waals surface area contributed by atoms with E-state index in [9.17, 15) is 9.90 Å². The molecular weight excluding hydrogens is 506 g/mol. The van der Waals surface area contributed by atoms with E-state index in [1.165, 1.54) is 42.5 Å². The van der Waals surface area contributed by atoms with E-state index < -0.39 is 11.9 Å². The molecule has 0 saturated carbocycles. The van der Waals surface area contributed by atoms with Gasteiger partial charge in [-0.3, -0.25) is 4.79 Å². The van der Waals surface area contributed by atoms with E-state index in [1.54, 1.807) is 18.4 Å². The maximum Gasteiger partial charge on any atom is 0.314 e. The average Bonchev–Trinajstić information content (AvgIpc) is 3.27. The Bertz CT molecular complexity index is 1210. The van der Waals surface area contributed by atoms with Gasteiger partial charge in [-0.2, -0.15) is 0 Å². The molecule has 0 spiro atoms. The van der Waals surface area contributed by atoms with Gasteiger partial charge in [0.2, 0.25) is 0 Å². The van der Waals surface area contributed by atoms with Crippen LogP contribution in [-0.4, -0.2) is 28.2 Å². The van der Waals surface area contributed by atoms with Crippen molar-refractivity contribution in [2.75, 3.05) is 12.4 Å². The number of benzene rings is 1. The Hall–Kier alpha value is -2.38. The van der Waals surface area contributed by atoms with Crippen molar-refractivity contribution < 1.29 is 14.6 Å². The lowest BCUT2D eigenvalue weighted by atomic mass is 9.96. The number of fused-ring (bicyclic) bond motifs is 3. The molecule has 2 heterocycles. The minimum atomic E-state index is -0.848. The van der Waals surface area contributed by atoms with Gasteiger partial charge in [-0.1, -0.05) is 69.5 Å². The first-order chi connectivity index (χ1) is 18.0. The molecule has 1 aromatic carbocycles. The summed E-state index contributed by atoms with van der Waals surface area (Å²) >= 11 is 8.04. The van der Waals surface area contributed by atoms with E-state index in [1.807, 2.05) is 18.2 Å². The lowest BCUT2D eigenvalue weighted by Gasteiger charge is -2.16. The Balaban J connectivity index is 1.57. The summed E-state index contributed by atoms with van der Waals surface area (Å²) in [7, 11) is 1.60. The number of ether oxygens (including phenoxy) is 1. The number of carboxylic acids is 1. The number of nitrogens with one attached hydrogen (secondary N) is 1. The fourth-order valence-corrected chi connectivity index (χ4v) is 6.68. The summed E-state index contributed by atoms with van der Waals surface area (Å²) in [5.74, 6) is 0.241. The van der Waals surface area contributed by atoms with Crippen LogP contribution in [0.15, 0.2) is 18.2 Å². The summed E-state index contributed by atoms with van der Waals surface area (Å²) in [5, 5.41) is 15.2. The second kappa shape index (κ2) is 13.4. The van der Waals surface area contributed by atoms with Gasteiger partial charge in [0, 0.05) is 11.4 Å². The zero-order valence-corrected chi connectivity index (χ0v) is 23.5. The topological polar surface area (TPSA) is 84.3 Å². The van der Waals surface area contributed by atoms with E-state index >= 15 is 0 Å². The van der Waals surface area contributed by atoms with Crippen molar-refractivity contribution in [2.24, 2.45) is 0 Å². The highest BCUT2D eigenvalue weighted by Gasteiger charge is 2.27. The number of hydrogen-bond donors (Lipinski definition) is 2. The Kier molecular flexibility index (Phi) is 10.0. The third kappa shape index (κ3) is 6.94. The van der Waals surface area contributed by atoms with Crippen molar-refractivity contribution in [3.05, 3.63) is 45.1 Å². The molecule has 2 aromatic heterocycles. The number of rotatable bonds is 14. The van der Waals surface area contributed by atoms with Crippen LogP contribution in [0.4, 0.5) is 5.82 Å². The van der Waals surface area contributed by atoms with Gasteiger partial charge in [-0.15, -0.1) is 11.3 Å². The van der Waals surface area contributed by atoms with Crippen molar-refractivity contribution in [3.8, 4) is 5.75 Å². The molecule has 0 radical (unpaired) electrons. The standard InChI is InChI=1S/C29H38ClN3O3S/c1-3-4-5-6-7-8-9-13-21(29(34)35)26-32-27(31-18-19-15-16-23(36-2)22(30)17-19)25-20-12-10-11-14-24(20)37-28(25)33-26/h15-17,21H,3-14,18H2,1-2H3,(H,34,35)(H,31,32,33). The molecule has 2 N–H and O–H groups in total. The van der Waals surface area contributed by atoms with Gasteiger partial charge in [0.05, 0.1) is 17.5 Å². The normalized spacial score (nSPS) is 13.9. The van der Waals surface area contributed by atoms with Crippen LogP contribution in [0.3, 0.4) is 0 Å². The summed E-state index contributed by atoms with van der Waals surface area (Å²) in [4.78, 5) is 24.3. The molecule has 1 aliphatic rings. The number of aromatic nitrogens is 2. The maximum absolute atomic E-state index is 12.3. The highest BCUT2D eigenvalue weighted by atomic mass is 35.5. The van der Waals surface area contributed by atoms with Crippen LogP contribution in [-0.2, 0) is 24.2 Å². The summed E-state index contributed by atoms with van der Waals surface area (Å²) in [5.41, 5.74) is 2.33. The molecule has 1 unspecified atom stereocenters. The van der Waals surface area contributed by atoms with Crippen molar-refractivity contribution in [2.45, 2.75) is 96.4 Å². The molecule has 6 nitrogen and oxygen atoms in total. The number of carboxylic acid groups (broad SMARTS) is 1. The number of thiophene rings is 1. The third-order valence-corrected chi connectivity index (χ3v) is 8.70. The van der Waals surface area contributed by atoms with Gasteiger partial charge in [0.25, 0.3) is 0 Å². The van der Waals surface area contributed by atoms with Crippen LogP contribution in [0.5, 0.6) is 5.75 Å². The SMILES string of the molecule is CCCCCCCCCC(C(=O)O)c1nc(NCc2ccc(OC)c(Cl)c2)c2c3c(sc2n1)CCCC3. The minimum absolute atomic E-state index is 0.417. The van der Waals surface area contributed by atoms with Crippen LogP contribution in [0.2, 0.25) is 5.02 Å². The van der Waals surface area contributed by atoms with Gasteiger partial charge in [-0.25, -0.2) is 9.97 Å². The number of hydrogen-bond acceptors (Lipinski definition) is 6. The van der Waals surface area contributed by atoms with E-state index in [0.29, 0.717) is 29.6 Å². The monoisotopic (exact) mass is 543 g/mol. The molecule has 4 rings (SSSR count). The molecule has 37 heavy (non-hydrogen) atoms. The van der Waals surface area contributed by atoms with Crippen molar-refractivity contribution in [1.82, 2.24) is 9.97 Å². The highest BCUT2D eigenvalue weighted by molar-refractivity contribution is 7.19. The number of aliphatic carboxylic acids is 1. The lowest BCUT2D eigenvalue weighted by Crippen LogP contribution is -2.16. The number of anilines is 1. The largest absolute Gasteiger partial charge is 0.495 e. The van der Waals surface area contributed by atoms with Gasteiger partial charge in [0.15, 0.2) is 0 Å². The van der Waals surface area contributed by atoms with Crippen LogP contribution in [0.1, 0.15) is 98.9 Å². The van der Waals surface area contributed by atoms with Gasteiger partial charge in [-0.05, 0) is 55.4 Å². The van der Waals surface area contributed by atoms with Gasteiger partial charge >= 0.3 is 5.97 Å². The Morgan fingerprint density at radius 3 is 2.62 bits per heavy atom. The number of carbonyl (C=O) groups is 1. The Morgan fingerprint density at radius 1 is 1.14 bits per heavy atom. The molecule has 200 valence electrons. The van der Waals surface area contributed by atoms with Crippen LogP contribution >= 0.6 is 22.9 Å². The smallest absolute Gasteiger partial charge is 0.314 e. The molecular formula is C29H38ClN3O3S. The average molecular weight is 544 g/mol. The second-order valence-corrected chi connectivity index (χ2v) is 11.4. The minimum Gasteiger partial charge on any atom is -0.495 e. The zero-order valence-electron chi connectivity index (χ0n) is 21.9. The third-order valence-electron chi connectivity index (χ3n) is 7.21. The van der Waals surface area contributed by atoms with E-state index in [-0.39, 0.29) is 0 Å². The molecule has 0 amide bonds. The Labute approximate surface area is 228 Å². The first-order valence-corrected chi connectivity index (χ1v) is 14.8. The number of halogens is 1. The van der Waals surface area contributed by atoms with Crippen molar-refractivity contribution in [3.63, 3.8) is 0 Å². The predicted octanol–water partition coefficient (Wildman–Crippen LogP) is 8.15. The highest BCUT2D eigenvalue weighted by Crippen LogP contribution is 2.40. The van der Waals surface area contributed by atoms with E-state index in [0.717, 1.165) is 60.1 Å². The van der Waals surface area contributed by atoms with Gasteiger partial charge in [0.1, 0.15) is 28.1 Å². The molecule has 1 aliphatic carbocycles. The molecule has 0 aliphatic heterocycles. The molecule has 0 saturated heterocycles. The van der Waals surface area contributed by atoms with E-state index in [2.05, 4.69) is 12.2 Å². The number of unbranched alkanes of at least 4 members (excludes halogenated alkanes) is 6. The molecule has 3 aromatic rings. The maximum atomic E-state index is 12.3. The van der Waals surface area contributed by atoms with Crippen LogP contribution < -0.4 is 10.1 Å². The van der Waals surface area contributed by atoms with Crippen molar-refractivity contribution >= 4 is 44.9 Å². The summed E-state index contributed by atoms with van der Waals surface area (Å²) in [6.45, 7) is 2.74. The Morgan fingerprint density at radius 2 is 1.89 bits per heavy atom. The fourth-order valence-electron chi connectivity index (χ4n) is 5.13. The number of aryl methyl sites for hydroxylation is 2. The molecule has 0 bridgehead atoms. The first-order valence-electron chi connectivity index (χ1n) is 13.6. The summed E-state index contributed by atoms with van der Waals surface area (Å²) in [6.07, 6.45) is 13.0. The molecule has 8 heteroatoms. The summed E-state index contributed by atoms with van der Waals surface area (Å²) in [6, 6.07) is 5.71. The lowest BCUT2D eigenvalue weighted by molar-refractivity contribution is -0.139.